The van der Waals surface area contributed by atoms with Crippen molar-refractivity contribution in [2.75, 3.05) is 11.9 Å². The molecule has 0 radical (unpaired) electrons. The molecule has 4 nitrogen and oxygen atoms in total. The molecule has 148 valence electrons. The highest BCUT2D eigenvalue weighted by Crippen LogP contribution is 2.61. The second-order valence-corrected chi connectivity index (χ2v) is 9.84. The highest BCUT2D eigenvalue weighted by molar-refractivity contribution is 8.93. The van der Waals surface area contributed by atoms with Crippen LogP contribution in [0.15, 0.2) is 35.3 Å². The maximum atomic E-state index is 12.3. The Hall–Kier alpha value is -1.01. The maximum absolute atomic E-state index is 12.3. The fraction of sp³-hybridized carbons (Fsp3) is 0.619. The number of aliphatic imine (C=N–C) groups is 1. The van der Waals surface area contributed by atoms with Crippen LogP contribution in [0.25, 0.3) is 0 Å². The molecule has 2 bridgehead atoms. The summed E-state index contributed by atoms with van der Waals surface area (Å²) in [5, 5.41) is 7.77. The molecule has 1 amide bonds. The molecule has 3 fully saturated rings. The van der Waals surface area contributed by atoms with Crippen LogP contribution in [-0.2, 0) is 4.79 Å². The van der Waals surface area contributed by atoms with Gasteiger partial charge >= 0.3 is 0 Å². The van der Waals surface area contributed by atoms with E-state index in [0.29, 0.717) is 17.4 Å². The van der Waals surface area contributed by atoms with Gasteiger partial charge in [0.05, 0.1) is 5.25 Å². The lowest BCUT2D eigenvalue weighted by molar-refractivity contribution is -0.117. The summed E-state index contributed by atoms with van der Waals surface area (Å²) in [6.45, 7) is 7.98. The van der Waals surface area contributed by atoms with Gasteiger partial charge in [-0.2, -0.15) is 4.99 Å². The fourth-order valence-electron chi connectivity index (χ4n) is 5.03. The number of carbonyl (C=O) groups is 1. The third-order valence-corrected chi connectivity index (χ3v) is 8.07. The molecule has 3 aliphatic carbocycles. The average Bonchev–Trinajstić information content (AvgIpc) is 2.96. The van der Waals surface area contributed by atoms with E-state index < -0.39 is 0 Å². The molecule has 27 heavy (non-hydrogen) atoms. The molecule has 1 heterocycles. The van der Waals surface area contributed by atoms with Crippen LogP contribution in [0.3, 0.4) is 0 Å². The lowest BCUT2D eigenvalue weighted by Crippen LogP contribution is -2.60. The minimum Gasteiger partial charge on any atom is -0.385 e. The van der Waals surface area contributed by atoms with Crippen molar-refractivity contribution in [3.05, 3.63) is 30.3 Å². The van der Waals surface area contributed by atoms with E-state index in [-0.39, 0.29) is 28.1 Å². The number of halogens is 1. The van der Waals surface area contributed by atoms with Crippen LogP contribution in [-0.4, -0.2) is 28.9 Å². The van der Waals surface area contributed by atoms with Gasteiger partial charge in [-0.3, -0.25) is 4.79 Å². The number of anilines is 1. The number of nitrogens with zero attached hydrogens (tertiary/aromatic N) is 1. The first-order valence-corrected chi connectivity index (χ1v) is 10.7. The van der Waals surface area contributed by atoms with Crippen molar-refractivity contribution in [1.82, 2.24) is 5.32 Å². The van der Waals surface area contributed by atoms with Crippen LogP contribution in [0.5, 0.6) is 0 Å². The third kappa shape index (κ3) is 4.07. The number of fused-ring (bicyclic) bond motifs is 2. The van der Waals surface area contributed by atoms with Crippen LogP contribution < -0.4 is 10.6 Å². The topological polar surface area (TPSA) is 53.5 Å². The van der Waals surface area contributed by atoms with E-state index >= 15 is 0 Å². The Bertz CT molecular complexity index is 709. The molecule has 5 atom stereocenters. The predicted octanol–water partition coefficient (Wildman–Crippen LogP) is 4.72. The zero-order valence-corrected chi connectivity index (χ0v) is 18.8. The molecule has 1 unspecified atom stereocenters. The molecule has 3 saturated carbocycles. The predicted molar refractivity (Wildman–Crippen MR) is 120 cm³/mol. The lowest BCUT2D eigenvalue weighted by Gasteiger charge is -2.62. The van der Waals surface area contributed by atoms with Gasteiger partial charge in [-0.1, -0.05) is 50.7 Å². The smallest absolute Gasteiger partial charge is 0.261 e. The second-order valence-electron chi connectivity index (χ2n) is 8.65. The van der Waals surface area contributed by atoms with Gasteiger partial charge in [0.1, 0.15) is 0 Å². The van der Waals surface area contributed by atoms with Crippen molar-refractivity contribution in [2.45, 2.75) is 51.3 Å². The zero-order valence-electron chi connectivity index (χ0n) is 16.3. The lowest BCUT2D eigenvalue weighted by atomic mass is 9.45. The quantitative estimate of drug-likeness (QED) is 0.679. The summed E-state index contributed by atoms with van der Waals surface area (Å²) in [7, 11) is 0. The Morgan fingerprint density at radius 1 is 1.22 bits per heavy atom. The van der Waals surface area contributed by atoms with Crippen molar-refractivity contribution >= 4 is 45.5 Å². The average molecular weight is 452 g/mol. The van der Waals surface area contributed by atoms with Gasteiger partial charge in [-0.05, 0) is 54.6 Å². The van der Waals surface area contributed by atoms with Gasteiger partial charge in [-0.15, -0.1) is 17.0 Å². The van der Waals surface area contributed by atoms with Crippen LogP contribution in [0, 0.1) is 23.2 Å². The summed E-state index contributed by atoms with van der Waals surface area (Å²) in [6.07, 6.45) is 3.38. The normalized spacial score (nSPS) is 33.5. The molecule has 0 aromatic heterocycles. The molecule has 1 aromatic rings. The number of benzene rings is 1. The Balaban J connectivity index is 0.00000210. The van der Waals surface area contributed by atoms with Crippen LogP contribution in [0.2, 0.25) is 0 Å². The van der Waals surface area contributed by atoms with Gasteiger partial charge in [0.25, 0.3) is 5.91 Å². The Morgan fingerprint density at radius 3 is 2.63 bits per heavy atom. The summed E-state index contributed by atoms with van der Waals surface area (Å²) in [5.41, 5.74) is 1.59. The van der Waals surface area contributed by atoms with Crippen LogP contribution in [0.4, 0.5) is 5.69 Å². The van der Waals surface area contributed by atoms with E-state index in [1.165, 1.54) is 12.8 Å². The third-order valence-electron chi connectivity index (χ3n) is 6.91. The monoisotopic (exact) mass is 451 g/mol. The van der Waals surface area contributed by atoms with Crippen LogP contribution >= 0.6 is 28.7 Å². The Morgan fingerprint density at radius 2 is 1.96 bits per heavy atom. The standard InChI is InChI=1S/C21H29N3OS.BrH/c1-13-16-11-14(21(16,2)3)12-17(13)23-20-24-19(25)18(26-20)9-10-22-15-7-5-4-6-8-15;/h4-8,13-14,16-18,22H,9-12H2,1-3H3,(H,23,24,25);1H/t13-,14+,16-,17-,18?;/m0./s1. The molecule has 2 N–H and O–H groups in total. The molecule has 0 saturated heterocycles. The molecular weight excluding hydrogens is 422 g/mol. The molecule has 1 aromatic carbocycles. The molecular formula is C21H30BrN3OS. The number of nitrogens with one attached hydrogen (secondary N) is 2. The van der Waals surface area contributed by atoms with Crippen molar-refractivity contribution in [3.8, 4) is 0 Å². The summed E-state index contributed by atoms with van der Waals surface area (Å²) in [6, 6.07) is 10.6. The maximum Gasteiger partial charge on any atom is 0.261 e. The number of thioether (sulfide) groups is 1. The highest BCUT2D eigenvalue weighted by Gasteiger charge is 2.56. The number of hydrogen-bond donors (Lipinski definition) is 2. The molecule has 4 aliphatic rings. The first kappa shape index (κ1) is 20.7. The van der Waals surface area contributed by atoms with E-state index in [1.54, 1.807) is 11.8 Å². The van der Waals surface area contributed by atoms with Gasteiger partial charge in [0, 0.05) is 18.3 Å². The van der Waals surface area contributed by atoms with Gasteiger partial charge in [-0.25, -0.2) is 0 Å². The largest absolute Gasteiger partial charge is 0.385 e. The SMILES string of the molecule is Br.C[C@@H]1[C@@H](NC2=NC(=O)C(CCNc3ccccc3)S2)C[C@H]2C[C@@H]1C2(C)C. The van der Waals surface area contributed by atoms with Crippen molar-refractivity contribution in [2.24, 2.45) is 28.2 Å². The summed E-state index contributed by atoms with van der Waals surface area (Å²) in [5.74, 6) is 2.27. The molecule has 6 heteroatoms. The van der Waals surface area contributed by atoms with Crippen LogP contribution in [0.1, 0.15) is 40.0 Å². The van der Waals surface area contributed by atoms with E-state index in [1.807, 2.05) is 30.3 Å². The number of carbonyl (C=O) groups excluding carboxylic acids is 1. The number of rotatable bonds is 5. The number of para-hydroxylation sites is 1. The Kier molecular flexibility index (Phi) is 6.26. The van der Waals surface area contributed by atoms with Crippen molar-refractivity contribution in [3.63, 3.8) is 0 Å². The fourth-order valence-corrected chi connectivity index (χ4v) is 6.06. The summed E-state index contributed by atoms with van der Waals surface area (Å²) in [4.78, 5) is 16.6. The van der Waals surface area contributed by atoms with E-state index in [9.17, 15) is 4.79 Å². The number of amides is 1. The first-order chi connectivity index (χ1) is 12.4. The summed E-state index contributed by atoms with van der Waals surface area (Å²) < 4.78 is 0. The molecule has 1 aliphatic heterocycles. The first-order valence-electron chi connectivity index (χ1n) is 9.80. The Labute approximate surface area is 177 Å². The molecule has 0 spiro atoms. The van der Waals surface area contributed by atoms with Gasteiger partial charge in [0.2, 0.25) is 0 Å². The van der Waals surface area contributed by atoms with E-state index in [0.717, 1.165) is 35.7 Å². The zero-order chi connectivity index (χ0) is 18.3. The highest BCUT2D eigenvalue weighted by atomic mass is 79.9. The summed E-state index contributed by atoms with van der Waals surface area (Å²) >= 11 is 1.61. The van der Waals surface area contributed by atoms with Gasteiger partial charge in [0.15, 0.2) is 5.17 Å². The van der Waals surface area contributed by atoms with Gasteiger partial charge < -0.3 is 10.6 Å². The van der Waals surface area contributed by atoms with Crippen molar-refractivity contribution in [1.29, 1.82) is 0 Å². The van der Waals surface area contributed by atoms with Crippen molar-refractivity contribution < 1.29 is 4.79 Å². The molecule has 5 rings (SSSR count). The van der Waals surface area contributed by atoms with E-state index in [2.05, 4.69) is 36.4 Å². The minimum absolute atomic E-state index is 0. The minimum atomic E-state index is -0.0569. The second kappa shape index (κ2) is 8.16. The number of amidine groups is 1. The van der Waals surface area contributed by atoms with E-state index in [4.69, 9.17) is 0 Å². The number of hydrogen-bond acceptors (Lipinski definition) is 4.